The highest BCUT2D eigenvalue weighted by molar-refractivity contribution is 14.1. The van der Waals surface area contributed by atoms with Crippen molar-refractivity contribution >= 4 is 46.1 Å². The maximum absolute atomic E-state index is 12.0. The summed E-state index contributed by atoms with van der Waals surface area (Å²) in [5, 5.41) is 2.55. The maximum Gasteiger partial charge on any atom is 0.340 e. The van der Waals surface area contributed by atoms with Crippen LogP contribution in [-0.4, -0.2) is 31.1 Å². The SMILES string of the molecule is CCOC(=O)c1ccccc1NC(=O)COC(=O)c1ccccc1I. The van der Waals surface area contributed by atoms with Crippen molar-refractivity contribution in [3.8, 4) is 0 Å². The molecule has 6 nitrogen and oxygen atoms in total. The summed E-state index contributed by atoms with van der Waals surface area (Å²) in [7, 11) is 0. The average molecular weight is 453 g/mol. The lowest BCUT2D eigenvalue weighted by Crippen LogP contribution is -2.22. The van der Waals surface area contributed by atoms with E-state index in [0.717, 1.165) is 3.57 Å². The monoisotopic (exact) mass is 453 g/mol. The quantitative estimate of drug-likeness (QED) is 0.537. The van der Waals surface area contributed by atoms with E-state index >= 15 is 0 Å². The van der Waals surface area contributed by atoms with Crippen molar-refractivity contribution in [2.75, 3.05) is 18.5 Å². The minimum absolute atomic E-state index is 0.231. The predicted octanol–water partition coefficient (Wildman–Crippen LogP) is 3.26. The number of hydrogen-bond donors (Lipinski definition) is 1. The molecule has 2 rings (SSSR count). The zero-order valence-electron chi connectivity index (χ0n) is 13.5. The molecule has 1 amide bonds. The van der Waals surface area contributed by atoms with Crippen LogP contribution in [0.2, 0.25) is 0 Å². The van der Waals surface area contributed by atoms with Gasteiger partial charge in [0.25, 0.3) is 5.91 Å². The molecular formula is C18H16INO5. The highest BCUT2D eigenvalue weighted by Gasteiger charge is 2.16. The summed E-state index contributed by atoms with van der Waals surface area (Å²) < 4.78 is 10.7. The smallest absolute Gasteiger partial charge is 0.340 e. The van der Waals surface area contributed by atoms with Gasteiger partial charge in [-0.3, -0.25) is 4.79 Å². The summed E-state index contributed by atoms with van der Waals surface area (Å²) in [6, 6.07) is 13.4. The highest BCUT2D eigenvalue weighted by atomic mass is 127. The van der Waals surface area contributed by atoms with Gasteiger partial charge in [-0.25, -0.2) is 9.59 Å². The standard InChI is InChI=1S/C18H16INO5/c1-2-24-18(23)13-8-4-6-10-15(13)20-16(21)11-25-17(22)12-7-3-5-9-14(12)19/h3-10H,2,11H2,1H3,(H,20,21). The molecule has 0 heterocycles. The molecule has 0 aliphatic rings. The lowest BCUT2D eigenvalue weighted by atomic mass is 10.2. The summed E-state index contributed by atoms with van der Waals surface area (Å²) >= 11 is 2.02. The van der Waals surface area contributed by atoms with Gasteiger partial charge < -0.3 is 14.8 Å². The van der Waals surface area contributed by atoms with E-state index in [-0.39, 0.29) is 12.2 Å². The zero-order valence-corrected chi connectivity index (χ0v) is 15.6. The molecule has 2 aromatic carbocycles. The molecule has 0 atom stereocenters. The zero-order chi connectivity index (χ0) is 18.2. The Morgan fingerprint density at radius 2 is 1.52 bits per heavy atom. The first kappa shape index (κ1) is 18.9. The number of carbonyl (C=O) groups excluding carboxylic acids is 3. The van der Waals surface area contributed by atoms with Gasteiger partial charge in [-0.05, 0) is 53.8 Å². The van der Waals surface area contributed by atoms with Crippen molar-refractivity contribution in [1.82, 2.24) is 0 Å². The summed E-state index contributed by atoms with van der Waals surface area (Å²) in [6.07, 6.45) is 0. The van der Waals surface area contributed by atoms with Gasteiger partial charge in [0.1, 0.15) is 0 Å². The van der Waals surface area contributed by atoms with Crippen LogP contribution in [0.3, 0.4) is 0 Å². The molecule has 0 saturated heterocycles. The van der Waals surface area contributed by atoms with E-state index in [2.05, 4.69) is 5.32 Å². The number of anilines is 1. The van der Waals surface area contributed by atoms with Crippen LogP contribution in [0.1, 0.15) is 27.6 Å². The van der Waals surface area contributed by atoms with Crippen molar-refractivity contribution in [3.63, 3.8) is 0 Å². The van der Waals surface area contributed by atoms with E-state index in [0.29, 0.717) is 11.3 Å². The molecule has 0 bridgehead atoms. The Morgan fingerprint density at radius 3 is 2.20 bits per heavy atom. The Balaban J connectivity index is 1.98. The number of benzene rings is 2. The van der Waals surface area contributed by atoms with Gasteiger partial charge in [0.15, 0.2) is 6.61 Å². The molecule has 1 N–H and O–H groups in total. The lowest BCUT2D eigenvalue weighted by Gasteiger charge is -2.11. The largest absolute Gasteiger partial charge is 0.462 e. The Bertz CT molecular complexity index is 791. The molecule has 0 saturated carbocycles. The second kappa shape index (κ2) is 9.16. The number of nitrogens with one attached hydrogen (secondary N) is 1. The van der Waals surface area contributed by atoms with Crippen LogP contribution < -0.4 is 5.32 Å². The number of para-hydroxylation sites is 1. The summed E-state index contributed by atoms with van der Waals surface area (Å²) in [5.74, 6) is -1.66. The van der Waals surface area contributed by atoms with Crippen LogP contribution in [0.15, 0.2) is 48.5 Å². The molecule has 0 aliphatic carbocycles. The van der Waals surface area contributed by atoms with Gasteiger partial charge in [0.2, 0.25) is 0 Å². The highest BCUT2D eigenvalue weighted by Crippen LogP contribution is 2.16. The van der Waals surface area contributed by atoms with Crippen LogP contribution in [0.25, 0.3) is 0 Å². The van der Waals surface area contributed by atoms with E-state index in [4.69, 9.17) is 9.47 Å². The van der Waals surface area contributed by atoms with Crippen LogP contribution in [0.5, 0.6) is 0 Å². The molecular weight excluding hydrogens is 437 g/mol. The van der Waals surface area contributed by atoms with Gasteiger partial charge in [-0.15, -0.1) is 0 Å². The molecule has 25 heavy (non-hydrogen) atoms. The summed E-state index contributed by atoms with van der Waals surface area (Å²) in [6.45, 7) is 1.47. The molecule has 0 radical (unpaired) electrons. The first-order chi connectivity index (χ1) is 12.0. The van der Waals surface area contributed by atoms with E-state index in [9.17, 15) is 14.4 Å². The van der Waals surface area contributed by atoms with Crippen molar-refractivity contribution < 1.29 is 23.9 Å². The van der Waals surface area contributed by atoms with Crippen LogP contribution >= 0.6 is 22.6 Å². The molecule has 2 aromatic rings. The molecule has 130 valence electrons. The number of esters is 2. The third-order valence-electron chi connectivity index (χ3n) is 3.12. The fourth-order valence-electron chi connectivity index (χ4n) is 2.00. The third kappa shape index (κ3) is 5.28. The Morgan fingerprint density at radius 1 is 0.920 bits per heavy atom. The summed E-state index contributed by atoms with van der Waals surface area (Å²) in [5.41, 5.74) is 0.931. The third-order valence-corrected chi connectivity index (χ3v) is 4.07. The molecule has 0 spiro atoms. The first-order valence-corrected chi connectivity index (χ1v) is 8.58. The minimum atomic E-state index is -0.584. The predicted molar refractivity (Wildman–Crippen MR) is 100 cm³/mol. The van der Waals surface area contributed by atoms with Crippen LogP contribution in [0.4, 0.5) is 5.69 Å². The fraction of sp³-hybridized carbons (Fsp3) is 0.167. The number of hydrogen-bond acceptors (Lipinski definition) is 5. The summed E-state index contributed by atoms with van der Waals surface area (Å²) in [4.78, 5) is 35.9. The molecule has 0 aliphatic heterocycles. The van der Waals surface area contributed by atoms with E-state index < -0.39 is 24.5 Å². The first-order valence-electron chi connectivity index (χ1n) is 7.50. The Kier molecular flexibility index (Phi) is 6.93. The number of halogens is 1. The van der Waals surface area contributed by atoms with Crippen LogP contribution in [-0.2, 0) is 14.3 Å². The van der Waals surface area contributed by atoms with Crippen LogP contribution in [0, 0.1) is 3.57 Å². The van der Waals surface area contributed by atoms with Gasteiger partial charge in [-0.2, -0.15) is 0 Å². The maximum atomic E-state index is 12.0. The lowest BCUT2D eigenvalue weighted by molar-refractivity contribution is -0.119. The average Bonchev–Trinajstić information content (AvgIpc) is 2.60. The Hall–Kier alpha value is -2.42. The minimum Gasteiger partial charge on any atom is -0.462 e. The fourth-order valence-corrected chi connectivity index (χ4v) is 2.61. The topological polar surface area (TPSA) is 81.7 Å². The number of ether oxygens (including phenoxy) is 2. The number of amides is 1. The normalized spacial score (nSPS) is 10.0. The van der Waals surface area contributed by atoms with Gasteiger partial charge >= 0.3 is 11.9 Å². The molecule has 0 aromatic heterocycles. The van der Waals surface area contributed by atoms with E-state index in [1.165, 1.54) is 0 Å². The Labute approximate surface area is 158 Å². The molecule has 7 heteroatoms. The second-order valence-electron chi connectivity index (χ2n) is 4.87. The van der Waals surface area contributed by atoms with Gasteiger partial charge in [-0.1, -0.05) is 24.3 Å². The number of rotatable bonds is 6. The van der Waals surface area contributed by atoms with Gasteiger partial charge in [0, 0.05) is 3.57 Å². The van der Waals surface area contributed by atoms with Gasteiger partial charge in [0.05, 0.1) is 23.4 Å². The van der Waals surface area contributed by atoms with E-state index in [1.807, 2.05) is 22.6 Å². The van der Waals surface area contributed by atoms with E-state index in [1.54, 1.807) is 55.5 Å². The van der Waals surface area contributed by atoms with Crippen molar-refractivity contribution in [1.29, 1.82) is 0 Å². The van der Waals surface area contributed by atoms with Crippen molar-refractivity contribution in [2.24, 2.45) is 0 Å². The molecule has 0 fully saturated rings. The number of carbonyl (C=O) groups is 3. The van der Waals surface area contributed by atoms with Crippen molar-refractivity contribution in [2.45, 2.75) is 6.92 Å². The second-order valence-corrected chi connectivity index (χ2v) is 6.03. The van der Waals surface area contributed by atoms with Crippen molar-refractivity contribution in [3.05, 3.63) is 63.2 Å². The molecule has 0 unspecified atom stereocenters.